The summed E-state index contributed by atoms with van der Waals surface area (Å²) >= 11 is 1.89. The number of unbranched alkanes of at least 4 members (excludes halogenated alkanes) is 1. The molecule has 0 saturated heterocycles. The van der Waals surface area contributed by atoms with Gasteiger partial charge in [-0.15, -0.1) is 0 Å². The van der Waals surface area contributed by atoms with E-state index in [2.05, 4.69) is 42.4 Å². The van der Waals surface area contributed by atoms with Crippen molar-refractivity contribution in [3.8, 4) is 0 Å². The summed E-state index contributed by atoms with van der Waals surface area (Å²) in [6.07, 6.45) is 5.77. The predicted octanol–water partition coefficient (Wildman–Crippen LogP) is 2.44. The van der Waals surface area contributed by atoms with E-state index in [1.807, 2.05) is 11.8 Å². The Hall–Kier alpha value is -0.380. The van der Waals surface area contributed by atoms with Crippen LogP contribution in [0.3, 0.4) is 0 Å². The summed E-state index contributed by atoms with van der Waals surface area (Å²) in [5.41, 5.74) is 0. The first-order chi connectivity index (χ1) is 7.76. The average Bonchev–Trinajstić information content (AvgIpc) is 2.30. The summed E-state index contributed by atoms with van der Waals surface area (Å²) in [5.74, 6) is 2.25. The Morgan fingerprint density at radius 3 is 2.62 bits per heavy atom. The van der Waals surface area contributed by atoms with Crippen LogP contribution in [0.2, 0.25) is 0 Å². The molecule has 0 aliphatic rings. The first-order valence-electron chi connectivity index (χ1n) is 6.24. The van der Waals surface area contributed by atoms with E-state index in [9.17, 15) is 0 Å². The molecule has 0 aromatic heterocycles. The van der Waals surface area contributed by atoms with Crippen molar-refractivity contribution in [1.82, 2.24) is 10.2 Å². The lowest BCUT2D eigenvalue weighted by Gasteiger charge is -2.21. The summed E-state index contributed by atoms with van der Waals surface area (Å²) in [5, 5.41) is 3.34. The minimum absolute atomic E-state index is 0.930. The normalized spacial score (nSPS) is 11.6. The molecular formula is C12H27N3S. The van der Waals surface area contributed by atoms with Gasteiger partial charge in [0.15, 0.2) is 5.96 Å². The molecular weight excluding hydrogens is 218 g/mol. The highest BCUT2D eigenvalue weighted by Crippen LogP contribution is 1.97. The standard InChI is InChI=1S/C12H27N3S/c1-5-7-10-15(3)12(13-6-2)14-9-8-11-16-4/h5-11H2,1-4H3,(H,13,14). The third-order valence-electron chi connectivity index (χ3n) is 2.31. The Labute approximate surface area is 105 Å². The van der Waals surface area contributed by atoms with Crippen molar-refractivity contribution in [3.05, 3.63) is 0 Å². The van der Waals surface area contributed by atoms with E-state index in [0.29, 0.717) is 0 Å². The van der Waals surface area contributed by atoms with Crippen molar-refractivity contribution >= 4 is 17.7 Å². The molecule has 0 heterocycles. The summed E-state index contributed by atoms with van der Waals surface area (Å²) in [4.78, 5) is 6.85. The summed E-state index contributed by atoms with van der Waals surface area (Å²) in [6, 6.07) is 0. The summed E-state index contributed by atoms with van der Waals surface area (Å²) in [6.45, 7) is 7.30. The Bertz CT molecular complexity index is 183. The molecule has 0 aromatic carbocycles. The van der Waals surface area contributed by atoms with Crippen LogP contribution >= 0.6 is 11.8 Å². The molecule has 0 fully saturated rings. The van der Waals surface area contributed by atoms with E-state index in [-0.39, 0.29) is 0 Å². The Kier molecular flexibility index (Phi) is 10.9. The summed E-state index contributed by atoms with van der Waals surface area (Å²) < 4.78 is 0. The van der Waals surface area contributed by atoms with Gasteiger partial charge in [-0.3, -0.25) is 4.99 Å². The van der Waals surface area contributed by atoms with Crippen molar-refractivity contribution < 1.29 is 0 Å². The lowest BCUT2D eigenvalue weighted by molar-refractivity contribution is 0.465. The predicted molar refractivity (Wildman–Crippen MR) is 76.5 cm³/mol. The number of rotatable bonds is 8. The fourth-order valence-corrected chi connectivity index (χ4v) is 1.78. The van der Waals surface area contributed by atoms with Crippen LogP contribution in [0.25, 0.3) is 0 Å². The minimum Gasteiger partial charge on any atom is -0.357 e. The number of hydrogen-bond acceptors (Lipinski definition) is 2. The van der Waals surface area contributed by atoms with Gasteiger partial charge in [0.2, 0.25) is 0 Å². The highest BCUT2D eigenvalue weighted by molar-refractivity contribution is 7.98. The first-order valence-corrected chi connectivity index (χ1v) is 7.64. The van der Waals surface area contributed by atoms with Crippen LogP contribution in [-0.2, 0) is 0 Å². The van der Waals surface area contributed by atoms with Crippen LogP contribution in [-0.4, -0.2) is 49.6 Å². The number of thioether (sulfide) groups is 1. The second-order valence-corrected chi connectivity index (χ2v) is 4.84. The molecule has 0 aliphatic heterocycles. The molecule has 1 N–H and O–H groups in total. The number of aliphatic imine (C=N–C) groups is 1. The van der Waals surface area contributed by atoms with E-state index in [1.165, 1.54) is 18.6 Å². The Morgan fingerprint density at radius 2 is 2.06 bits per heavy atom. The Balaban J connectivity index is 4.01. The third-order valence-corrected chi connectivity index (χ3v) is 3.01. The number of guanidine groups is 1. The lowest BCUT2D eigenvalue weighted by atomic mass is 10.3. The maximum atomic E-state index is 4.62. The molecule has 3 nitrogen and oxygen atoms in total. The summed E-state index contributed by atoms with van der Waals surface area (Å²) in [7, 11) is 2.12. The van der Waals surface area contributed by atoms with Crippen LogP contribution in [0.1, 0.15) is 33.1 Å². The molecule has 0 unspecified atom stereocenters. The zero-order valence-electron chi connectivity index (χ0n) is 11.3. The topological polar surface area (TPSA) is 27.6 Å². The van der Waals surface area contributed by atoms with Crippen molar-refractivity contribution in [2.24, 2.45) is 4.99 Å². The van der Waals surface area contributed by atoms with E-state index in [4.69, 9.17) is 0 Å². The first kappa shape index (κ1) is 15.6. The molecule has 0 aromatic rings. The molecule has 0 saturated carbocycles. The van der Waals surface area contributed by atoms with Gasteiger partial charge < -0.3 is 10.2 Å². The SMILES string of the molecule is CCCCN(C)C(=NCCCSC)NCC. The zero-order chi connectivity index (χ0) is 12.2. The van der Waals surface area contributed by atoms with Gasteiger partial charge in [-0.2, -0.15) is 11.8 Å². The van der Waals surface area contributed by atoms with Crippen molar-refractivity contribution in [2.45, 2.75) is 33.1 Å². The molecule has 96 valence electrons. The fourth-order valence-electron chi connectivity index (χ4n) is 1.36. The van der Waals surface area contributed by atoms with Crippen molar-refractivity contribution in [1.29, 1.82) is 0 Å². The quantitative estimate of drug-likeness (QED) is 0.404. The highest BCUT2D eigenvalue weighted by atomic mass is 32.2. The van der Waals surface area contributed by atoms with E-state index < -0.39 is 0 Å². The van der Waals surface area contributed by atoms with Gasteiger partial charge in [-0.05, 0) is 31.8 Å². The second-order valence-electron chi connectivity index (χ2n) is 3.86. The van der Waals surface area contributed by atoms with Crippen LogP contribution in [0.4, 0.5) is 0 Å². The van der Waals surface area contributed by atoms with Crippen molar-refractivity contribution in [3.63, 3.8) is 0 Å². The van der Waals surface area contributed by atoms with E-state index in [1.54, 1.807) is 0 Å². The van der Waals surface area contributed by atoms with Gasteiger partial charge in [-0.25, -0.2) is 0 Å². The molecule has 4 heteroatoms. The largest absolute Gasteiger partial charge is 0.357 e. The molecule has 0 rings (SSSR count). The van der Waals surface area contributed by atoms with Gasteiger partial charge in [0.05, 0.1) is 0 Å². The molecule has 0 radical (unpaired) electrons. The number of nitrogens with zero attached hydrogens (tertiary/aromatic N) is 2. The number of nitrogens with one attached hydrogen (secondary N) is 1. The third kappa shape index (κ3) is 7.85. The van der Waals surface area contributed by atoms with Gasteiger partial charge in [0, 0.05) is 26.7 Å². The Morgan fingerprint density at radius 1 is 1.31 bits per heavy atom. The smallest absolute Gasteiger partial charge is 0.193 e. The fraction of sp³-hybridized carbons (Fsp3) is 0.917. The van der Waals surface area contributed by atoms with Crippen LogP contribution in [0.15, 0.2) is 4.99 Å². The van der Waals surface area contributed by atoms with Crippen molar-refractivity contribution in [2.75, 3.05) is 38.7 Å². The monoisotopic (exact) mass is 245 g/mol. The van der Waals surface area contributed by atoms with Gasteiger partial charge in [0.25, 0.3) is 0 Å². The van der Waals surface area contributed by atoms with Gasteiger partial charge in [0.1, 0.15) is 0 Å². The minimum atomic E-state index is 0.930. The molecule has 0 aliphatic carbocycles. The molecule has 16 heavy (non-hydrogen) atoms. The van der Waals surface area contributed by atoms with Gasteiger partial charge in [-0.1, -0.05) is 13.3 Å². The zero-order valence-corrected chi connectivity index (χ0v) is 12.1. The lowest BCUT2D eigenvalue weighted by Crippen LogP contribution is -2.39. The van der Waals surface area contributed by atoms with Crippen LogP contribution < -0.4 is 5.32 Å². The maximum absolute atomic E-state index is 4.62. The number of hydrogen-bond donors (Lipinski definition) is 1. The maximum Gasteiger partial charge on any atom is 0.193 e. The van der Waals surface area contributed by atoms with E-state index >= 15 is 0 Å². The second kappa shape index (κ2) is 11.1. The molecule has 0 atom stereocenters. The molecule has 0 amide bonds. The molecule has 0 spiro atoms. The van der Waals surface area contributed by atoms with Crippen LogP contribution in [0, 0.1) is 0 Å². The van der Waals surface area contributed by atoms with Gasteiger partial charge >= 0.3 is 0 Å². The van der Waals surface area contributed by atoms with Crippen LogP contribution in [0.5, 0.6) is 0 Å². The molecule has 0 bridgehead atoms. The van der Waals surface area contributed by atoms with E-state index in [0.717, 1.165) is 32.0 Å². The average molecular weight is 245 g/mol. The highest BCUT2D eigenvalue weighted by Gasteiger charge is 2.03.